The van der Waals surface area contributed by atoms with Crippen molar-refractivity contribution in [3.05, 3.63) is 29.8 Å². The van der Waals surface area contributed by atoms with Gasteiger partial charge in [0.05, 0.1) is 7.11 Å². The molecule has 1 aliphatic heterocycles. The average molecular weight is 360 g/mol. The number of hydrogen-bond acceptors (Lipinski definition) is 4. The maximum atomic E-state index is 12.4. The Morgan fingerprint density at radius 1 is 1.23 bits per heavy atom. The van der Waals surface area contributed by atoms with Gasteiger partial charge in [-0.15, -0.1) is 0 Å². The molecule has 0 saturated carbocycles. The summed E-state index contributed by atoms with van der Waals surface area (Å²) in [6, 6.07) is 5.60. The van der Waals surface area contributed by atoms with Gasteiger partial charge in [-0.05, 0) is 37.5 Å². The number of methoxy groups -OCH3 is 1. The number of nitrogens with zero attached hydrogens (tertiary/aromatic N) is 2. The van der Waals surface area contributed by atoms with E-state index in [-0.39, 0.29) is 24.3 Å². The molecule has 1 heterocycles. The van der Waals surface area contributed by atoms with Gasteiger partial charge in [0.25, 0.3) is 5.91 Å². The van der Waals surface area contributed by atoms with Gasteiger partial charge in [-0.3, -0.25) is 9.59 Å². The summed E-state index contributed by atoms with van der Waals surface area (Å²) >= 11 is 0. The Morgan fingerprint density at radius 2 is 1.92 bits per heavy atom. The lowest BCUT2D eigenvalue weighted by atomic mass is 9.95. The van der Waals surface area contributed by atoms with Crippen molar-refractivity contribution in [1.82, 2.24) is 9.80 Å². The number of hydrogen-bond donors (Lipinski definition) is 0. The summed E-state index contributed by atoms with van der Waals surface area (Å²) in [6.45, 7) is 3.09. The van der Waals surface area contributed by atoms with Gasteiger partial charge in [0.2, 0.25) is 5.91 Å². The van der Waals surface area contributed by atoms with Crippen LogP contribution in [0.2, 0.25) is 0 Å². The highest BCUT2D eigenvalue weighted by molar-refractivity contribution is 5.80. The number of piperidine rings is 1. The Hall–Kier alpha value is -2.50. The van der Waals surface area contributed by atoms with E-state index in [0.717, 1.165) is 5.56 Å². The Morgan fingerprint density at radius 3 is 2.50 bits per heavy atom. The highest BCUT2D eigenvalue weighted by Crippen LogP contribution is 2.28. The largest absolute Gasteiger partial charge is 0.493 e. The quantitative estimate of drug-likeness (QED) is 0.782. The third kappa shape index (κ3) is 5.00. The summed E-state index contributed by atoms with van der Waals surface area (Å²) in [4.78, 5) is 27.8. The van der Waals surface area contributed by atoms with Gasteiger partial charge >= 0.3 is 0 Å². The fraction of sp³-hybridized carbons (Fsp3) is 0.500. The molecule has 0 bridgehead atoms. The molecule has 0 radical (unpaired) electrons. The fourth-order valence-corrected chi connectivity index (χ4v) is 3.07. The Balaban J connectivity index is 1.89. The predicted octanol–water partition coefficient (Wildman–Crippen LogP) is 2.43. The molecule has 1 aromatic carbocycles. The van der Waals surface area contributed by atoms with E-state index in [4.69, 9.17) is 9.47 Å². The molecular formula is C20H28N2O4. The van der Waals surface area contributed by atoms with E-state index in [1.807, 2.05) is 37.3 Å². The lowest BCUT2D eigenvalue weighted by Crippen LogP contribution is -2.44. The smallest absolute Gasteiger partial charge is 0.260 e. The highest BCUT2D eigenvalue weighted by atomic mass is 16.5. The van der Waals surface area contributed by atoms with Gasteiger partial charge in [0.15, 0.2) is 18.1 Å². The first-order valence-corrected chi connectivity index (χ1v) is 8.88. The molecule has 0 aliphatic carbocycles. The van der Waals surface area contributed by atoms with Crippen molar-refractivity contribution >= 4 is 17.9 Å². The van der Waals surface area contributed by atoms with E-state index in [1.165, 1.54) is 0 Å². The molecule has 0 unspecified atom stereocenters. The number of ether oxygens (including phenoxy) is 2. The monoisotopic (exact) mass is 360 g/mol. The molecule has 142 valence electrons. The Bertz CT molecular complexity index is 662. The third-order valence-corrected chi connectivity index (χ3v) is 4.54. The summed E-state index contributed by atoms with van der Waals surface area (Å²) in [5, 5.41) is 0. The SMILES string of the molecule is C/C=C/c1ccc(OCC(=O)N2CCC(C(=O)N(C)C)CC2)c(OC)c1. The van der Waals surface area contributed by atoms with E-state index >= 15 is 0 Å². The van der Waals surface area contributed by atoms with Crippen LogP contribution in [0.25, 0.3) is 6.08 Å². The number of likely N-dealkylation sites (tertiary alicyclic amines) is 1. The first-order valence-electron chi connectivity index (χ1n) is 8.88. The summed E-state index contributed by atoms with van der Waals surface area (Å²) in [5.74, 6) is 1.23. The Kier molecular flexibility index (Phi) is 7.06. The second-order valence-electron chi connectivity index (χ2n) is 6.59. The zero-order valence-electron chi connectivity index (χ0n) is 16.0. The van der Waals surface area contributed by atoms with Crippen LogP contribution in [0.5, 0.6) is 11.5 Å². The Labute approximate surface area is 155 Å². The van der Waals surface area contributed by atoms with Crippen LogP contribution in [0.15, 0.2) is 24.3 Å². The maximum absolute atomic E-state index is 12.4. The standard InChI is InChI=1S/C20H28N2O4/c1-5-6-15-7-8-17(18(13-15)25-4)26-14-19(23)22-11-9-16(10-12-22)20(24)21(2)3/h5-8,13,16H,9-12,14H2,1-4H3/b6-5+. The van der Waals surface area contributed by atoms with E-state index in [0.29, 0.717) is 37.4 Å². The van der Waals surface area contributed by atoms with E-state index < -0.39 is 0 Å². The molecule has 1 fully saturated rings. The average Bonchev–Trinajstić information content (AvgIpc) is 2.66. The van der Waals surface area contributed by atoms with Gasteiger partial charge in [0.1, 0.15) is 0 Å². The molecule has 0 aromatic heterocycles. The van der Waals surface area contributed by atoms with Gasteiger partial charge in [-0.25, -0.2) is 0 Å². The van der Waals surface area contributed by atoms with E-state index in [9.17, 15) is 9.59 Å². The van der Waals surface area contributed by atoms with E-state index in [1.54, 1.807) is 31.0 Å². The minimum Gasteiger partial charge on any atom is -0.493 e. The molecule has 1 aromatic rings. The van der Waals surface area contributed by atoms with Crippen LogP contribution in [-0.2, 0) is 9.59 Å². The maximum Gasteiger partial charge on any atom is 0.260 e. The van der Waals surface area contributed by atoms with Gasteiger partial charge in [-0.1, -0.05) is 18.2 Å². The summed E-state index contributed by atoms with van der Waals surface area (Å²) < 4.78 is 11.0. The lowest BCUT2D eigenvalue weighted by molar-refractivity contribution is -0.140. The van der Waals surface area contributed by atoms with Crippen LogP contribution in [0.1, 0.15) is 25.3 Å². The summed E-state index contributed by atoms with van der Waals surface area (Å²) in [7, 11) is 5.11. The van der Waals surface area contributed by atoms with Crippen LogP contribution >= 0.6 is 0 Å². The van der Waals surface area contributed by atoms with Crippen LogP contribution in [0.3, 0.4) is 0 Å². The van der Waals surface area contributed by atoms with Crippen molar-refractivity contribution < 1.29 is 19.1 Å². The number of rotatable bonds is 6. The zero-order valence-corrected chi connectivity index (χ0v) is 16.0. The van der Waals surface area contributed by atoms with Crippen molar-refractivity contribution in [2.24, 2.45) is 5.92 Å². The second kappa shape index (κ2) is 9.27. The molecule has 0 N–H and O–H groups in total. The van der Waals surface area contributed by atoms with Crippen molar-refractivity contribution in [2.75, 3.05) is 40.9 Å². The normalized spacial score (nSPS) is 15.2. The zero-order chi connectivity index (χ0) is 19.1. The van der Waals surface area contributed by atoms with Gasteiger partial charge in [0, 0.05) is 33.1 Å². The predicted molar refractivity (Wildman–Crippen MR) is 101 cm³/mol. The van der Waals surface area contributed by atoms with E-state index in [2.05, 4.69) is 0 Å². The minimum atomic E-state index is -0.0691. The molecule has 0 spiro atoms. The second-order valence-corrected chi connectivity index (χ2v) is 6.59. The molecule has 6 nitrogen and oxygen atoms in total. The van der Waals surface area contributed by atoms with Gasteiger partial charge < -0.3 is 19.3 Å². The van der Waals surface area contributed by atoms with Crippen LogP contribution in [-0.4, -0.2) is 62.5 Å². The van der Waals surface area contributed by atoms with Crippen LogP contribution in [0, 0.1) is 5.92 Å². The number of amides is 2. The third-order valence-electron chi connectivity index (χ3n) is 4.54. The van der Waals surface area contributed by atoms with Crippen molar-refractivity contribution in [3.63, 3.8) is 0 Å². The summed E-state index contributed by atoms with van der Waals surface area (Å²) in [5.41, 5.74) is 1.01. The topological polar surface area (TPSA) is 59.1 Å². The molecule has 2 rings (SSSR count). The molecule has 26 heavy (non-hydrogen) atoms. The molecule has 2 amide bonds. The first kappa shape index (κ1) is 19.8. The van der Waals surface area contributed by atoms with Gasteiger partial charge in [-0.2, -0.15) is 0 Å². The van der Waals surface area contributed by atoms with Crippen molar-refractivity contribution in [1.29, 1.82) is 0 Å². The number of carbonyl (C=O) groups excluding carboxylic acids is 2. The lowest BCUT2D eigenvalue weighted by Gasteiger charge is -2.32. The number of allylic oxidation sites excluding steroid dienone is 1. The van der Waals surface area contributed by atoms with Crippen molar-refractivity contribution in [3.8, 4) is 11.5 Å². The molecule has 6 heteroatoms. The first-order chi connectivity index (χ1) is 12.5. The fourth-order valence-electron chi connectivity index (χ4n) is 3.07. The number of benzene rings is 1. The van der Waals surface area contributed by atoms with Crippen LogP contribution < -0.4 is 9.47 Å². The summed E-state index contributed by atoms with van der Waals surface area (Å²) in [6.07, 6.45) is 5.31. The molecular weight excluding hydrogens is 332 g/mol. The van der Waals surface area contributed by atoms with Crippen LogP contribution in [0.4, 0.5) is 0 Å². The minimum absolute atomic E-state index is 0.00854. The number of carbonyl (C=O) groups is 2. The molecule has 0 atom stereocenters. The highest BCUT2D eigenvalue weighted by Gasteiger charge is 2.28. The molecule has 1 aliphatic rings. The van der Waals surface area contributed by atoms with Crippen molar-refractivity contribution in [2.45, 2.75) is 19.8 Å². The molecule has 1 saturated heterocycles.